The Morgan fingerprint density at radius 2 is 2.12 bits per heavy atom. The molecule has 3 rings (SSSR count). The van der Waals surface area contributed by atoms with E-state index in [0.717, 1.165) is 28.2 Å². The van der Waals surface area contributed by atoms with Gasteiger partial charge >= 0.3 is 0 Å². The predicted molar refractivity (Wildman–Crippen MR) is 68.5 cm³/mol. The molecule has 0 amide bonds. The summed E-state index contributed by atoms with van der Waals surface area (Å²) in [6, 6.07) is 10.2. The van der Waals surface area contributed by atoms with Crippen LogP contribution in [0.3, 0.4) is 0 Å². The van der Waals surface area contributed by atoms with E-state index in [2.05, 4.69) is 34.2 Å². The number of benzene rings is 1. The molecule has 0 atom stereocenters. The molecule has 0 spiro atoms. The summed E-state index contributed by atoms with van der Waals surface area (Å²) in [6.45, 7) is 2.54. The minimum atomic E-state index is 0.481. The van der Waals surface area contributed by atoms with Crippen molar-refractivity contribution in [3.8, 4) is 11.3 Å². The third-order valence-electron chi connectivity index (χ3n) is 3.00. The lowest BCUT2D eigenvalue weighted by Crippen LogP contribution is -1.95. The van der Waals surface area contributed by atoms with Crippen molar-refractivity contribution >= 4 is 10.9 Å². The minimum Gasteiger partial charge on any atom is -0.358 e. The molecule has 17 heavy (non-hydrogen) atoms. The van der Waals surface area contributed by atoms with Crippen LogP contribution < -0.4 is 5.73 Å². The van der Waals surface area contributed by atoms with Gasteiger partial charge in [-0.2, -0.15) is 5.10 Å². The SMILES string of the molecule is Cc1[nH]c2ccccc2c1-c1cc(CN)[nH]n1. The van der Waals surface area contributed by atoms with Crippen LogP contribution in [0.2, 0.25) is 0 Å². The van der Waals surface area contributed by atoms with Crippen LogP contribution in [-0.4, -0.2) is 15.2 Å². The van der Waals surface area contributed by atoms with Crippen LogP contribution in [0.25, 0.3) is 22.2 Å². The van der Waals surface area contributed by atoms with Gasteiger partial charge in [0.15, 0.2) is 0 Å². The first-order valence-corrected chi connectivity index (χ1v) is 5.61. The Morgan fingerprint density at radius 3 is 2.88 bits per heavy atom. The van der Waals surface area contributed by atoms with E-state index in [4.69, 9.17) is 5.73 Å². The van der Waals surface area contributed by atoms with Crippen molar-refractivity contribution in [2.75, 3.05) is 0 Å². The quantitative estimate of drug-likeness (QED) is 0.627. The molecule has 86 valence electrons. The van der Waals surface area contributed by atoms with E-state index in [9.17, 15) is 0 Å². The third kappa shape index (κ3) is 1.54. The molecular weight excluding hydrogens is 212 g/mol. The zero-order valence-electron chi connectivity index (χ0n) is 9.62. The molecule has 4 N–H and O–H groups in total. The summed E-state index contributed by atoms with van der Waals surface area (Å²) in [5.41, 5.74) is 10.9. The molecule has 4 heteroatoms. The normalized spacial score (nSPS) is 11.2. The van der Waals surface area contributed by atoms with Gasteiger partial charge in [-0.3, -0.25) is 5.10 Å². The largest absolute Gasteiger partial charge is 0.358 e. The first-order chi connectivity index (χ1) is 8.29. The lowest BCUT2D eigenvalue weighted by atomic mass is 10.1. The number of nitrogens with one attached hydrogen (secondary N) is 2. The molecule has 1 aromatic carbocycles. The molecule has 2 aromatic heterocycles. The number of nitrogens with two attached hydrogens (primary N) is 1. The second-order valence-electron chi connectivity index (χ2n) is 4.15. The van der Waals surface area contributed by atoms with Crippen molar-refractivity contribution in [2.24, 2.45) is 5.73 Å². The summed E-state index contributed by atoms with van der Waals surface area (Å²) < 4.78 is 0. The average molecular weight is 226 g/mol. The van der Waals surface area contributed by atoms with Crippen LogP contribution in [0.15, 0.2) is 30.3 Å². The van der Waals surface area contributed by atoms with Crippen molar-refractivity contribution < 1.29 is 0 Å². The molecule has 2 heterocycles. The Hall–Kier alpha value is -2.07. The Bertz CT molecular complexity index is 663. The van der Waals surface area contributed by atoms with Crippen molar-refractivity contribution in [2.45, 2.75) is 13.5 Å². The summed E-state index contributed by atoms with van der Waals surface area (Å²) in [5, 5.41) is 8.46. The van der Waals surface area contributed by atoms with E-state index in [-0.39, 0.29) is 0 Å². The smallest absolute Gasteiger partial charge is 0.0948 e. The van der Waals surface area contributed by atoms with Gasteiger partial charge in [-0.05, 0) is 19.1 Å². The molecular formula is C13H14N4. The topological polar surface area (TPSA) is 70.5 Å². The molecule has 0 bridgehead atoms. The van der Waals surface area contributed by atoms with Gasteiger partial charge in [-0.1, -0.05) is 18.2 Å². The third-order valence-corrected chi connectivity index (χ3v) is 3.00. The van der Waals surface area contributed by atoms with Crippen molar-refractivity contribution in [1.82, 2.24) is 15.2 Å². The molecule has 0 aliphatic heterocycles. The summed E-state index contributed by atoms with van der Waals surface area (Å²) in [6.07, 6.45) is 0. The number of H-pyrrole nitrogens is 2. The standard InChI is InChI=1S/C13H14N4/c1-8-13(12-6-9(7-14)16-17-12)10-4-2-3-5-11(10)15-8/h2-6,15H,7,14H2,1H3,(H,16,17). The number of aromatic amines is 2. The molecule has 4 nitrogen and oxygen atoms in total. The second kappa shape index (κ2) is 3.75. The number of fused-ring (bicyclic) bond motifs is 1. The predicted octanol–water partition coefficient (Wildman–Crippen LogP) is 2.33. The molecule has 0 aliphatic carbocycles. The van der Waals surface area contributed by atoms with Crippen LogP contribution in [0, 0.1) is 6.92 Å². The van der Waals surface area contributed by atoms with Crippen LogP contribution in [0.4, 0.5) is 0 Å². The Labute approximate surface area is 98.8 Å². The fraction of sp³-hybridized carbons (Fsp3) is 0.154. The summed E-state index contributed by atoms with van der Waals surface area (Å²) in [7, 11) is 0. The summed E-state index contributed by atoms with van der Waals surface area (Å²) in [5.74, 6) is 0. The maximum absolute atomic E-state index is 5.59. The highest BCUT2D eigenvalue weighted by atomic mass is 15.1. The Balaban J connectivity index is 2.25. The van der Waals surface area contributed by atoms with E-state index in [1.54, 1.807) is 0 Å². The fourth-order valence-electron chi connectivity index (χ4n) is 2.20. The van der Waals surface area contributed by atoms with Gasteiger partial charge in [0.2, 0.25) is 0 Å². The van der Waals surface area contributed by atoms with Crippen molar-refractivity contribution in [3.05, 3.63) is 41.7 Å². The Kier molecular flexibility index (Phi) is 2.23. The number of para-hydroxylation sites is 1. The number of rotatable bonds is 2. The average Bonchev–Trinajstić information content (AvgIpc) is 2.91. The van der Waals surface area contributed by atoms with E-state index >= 15 is 0 Å². The highest BCUT2D eigenvalue weighted by molar-refractivity contribution is 5.96. The number of nitrogens with zero attached hydrogens (tertiary/aromatic N) is 1. The molecule has 0 aliphatic rings. The summed E-state index contributed by atoms with van der Waals surface area (Å²) >= 11 is 0. The molecule has 3 aromatic rings. The maximum atomic E-state index is 5.59. The maximum Gasteiger partial charge on any atom is 0.0948 e. The lowest BCUT2D eigenvalue weighted by molar-refractivity contribution is 0.948. The number of aromatic nitrogens is 3. The van der Waals surface area contributed by atoms with E-state index < -0.39 is 0 Å². The van der Waals surface area contributed by atoms with E-state index in [1.807, 2.05) is 18.2 Å². The molecule has 0 saturated carbocycles. The molecule has 0 saturated heterocycles. The first-order valence-electron chi connectivity index (χ1n) is 5.61. The van der Waals surface area contributed by atoms with Crippen molar-refractivity contribution in [1.29, 1.82) is 0 Å². The minimum absolute atomic E-state index is 0.481. The van der Waals surface area contributed by atoms with Gasteiger partial charge in [-0.15, -0.1) is 0 Å². The lowest BCUT2D eigenvalue weighted by Gasteiger charge is -1.95. The van der Waals surface area contributed by atoms with Crippen LogP contribution in [0.1, 0.15) is 11.4 Å². The highest BCUT2D eigenvalue weighted by Crippen LogP contribution is 2.30. The Morgan fingerprint density at radius 1 is 1.29 bits per heavy atom. The van der Waals surface area contributed by atoms with Gasteiger partial charge < -0.3 is 10.7 Å². The fourth-order valence-corrected chi connectivity index (χ4v) is 2.20. The zero-order valence-corrected chi connectivity index (χ0v) is 9.62. The van der Waals surface area contributed by atoms with Crippen LogP contribution >= 0.6 is 0 Å². The zero-order chi connectivity index (χ0) is 11.8. The van der Waals surface area contributed by atoms with Gasteiger partial charge in [-0.25, -0.2) is 0 Å². The number of hydrogen-bond donors (Lipinski definition) is 3. The van der Waals surface area contributed by atoms with Gasteiger partial charge in [0, 0.05) is 34.4 Å². The monoisotopic (exact) mass is 226 g/mol. The number of aryl methyl sites for hydroxylation is 1. The van der Waals surface area contributed by atoms with E-state index in [0.29, 0.717) is 6.54 Å². The second-order valence-corrected chi connectivity index (χ2v) is 4.15. The van der Waals surface area contributed by atoms with E-state index in [1.165, 1.54) is 5.39 Å². The van der Waals surface area contributed by atoms with Crippen LogP contribution in [-0.2, 0) is 6.54 Å². The van der Waals surface area contributed by atoms with Crippen molar-refractivity contribution in [3.63, 3.8) is 0 Å². The molecule has 0 fully saturated rings. The van der Waals surface area contributed by atoms with Crippen LogP contribution in [0.5, 0.6) is 0 Å². The van der Waals surface area contributed by atoms with Gasteiger partial charge in [0.1, 0.15) is 0 Å². The first kappa shape index (κ1) is 10.1. The number of hydrogen-bond acceptors (Lipinski definition) is 2. The highest BCUT2D eigenvalue weighted by Gasteiger charge is 2.12. The molecule has 0 radical (unpaired) electrons. The summed E-state index contributed by atoms with van der Waals surface area (Å²) in [4.78, 5) is 3.37. The molecule has 0 unspecified atom stereocenters. The van der Waals surface area contributed by atoms with Gasteiger partial charge in [0.25, 0.3) is 0 Å². The van der Waals surface area contributed by atoms with Gasteiger partial charge in [0.05, 0.1) is 5.69 Å².